The smallest absolute Gasteiger partial charge is 0.122 e. The fourth-order valence-electron chi connectivity index (χ4n) is 2.79. The Kier molecular flexibility index (Phi) is 3.75. The minimum Gasteiger partial charge on any atom is -0.493 e. The van der Waals surface area contributed by atoms with Gasteiger partial charge in [0, 0.05) is 18.5 Å². The topological polar surface area (TPSA) is 21.3 Å². The molecule has 0 radical (unpaired) electrons. The largest absolute Gasteiger partial charge is 0.493 e. The first-order valence-corrected chi connectivity index (χ1v) is 7.30. The molecular formula is C18H21NO. The zero-order valence-electron chi connectivity index (χ0n) is 12.1. The van der Waals surface area contributed by atoms with Gasteiger partial charge in [0.2, 0.25) is 0 Å². The van der Waals surface area contributed by atoms with Gasteiger partial charge in [0.25, 0.3) is 0 Å². The normalized spacial score (nSPS) is 16.3. The molecule has 0 fully saturated rings. The van der Waals surface area contributed by atoms with Crippen LogP contribution in [0.15, 0.2) is 48.5 Å². The van der Waals surface area contributed by atoms with Crippen molar-refractivity contribution < 1.29 is 4.74 Å². The van der Waals surface area contributed by atoms with Gasteiger partial charge in [-0.05, 0) is 36.6 Å². The molecule has 1 heterocycles. The molecule has 2 nitrogen and oxygen atoms in total. The quantitative estimate of drug-likeness (QED) is 0.903. The number of fused-ring (bicyclic) bond motifs is 1. The van der Waals surface area contributed by atoms with Crippen LogP contribution in [0.3, 0.4) is 0 Å². The lowest BCUT2D eigenvalue weighted by atomic mass is 10.0. The summed E-state index contributed by atoms with van der Waals surface area (Å²) in [7, 11) is 0. The van der Waals surface area contributed by atoms with Crippen LogP contribution in [-0.4, -0.2) is 6.61 Å². The minimum absolute atomic E-state index is 0.330. The van der Waals surface area contributed by atoms with Gasteiger partial charge < -0.3 is 10.1 Å². The lowest BCUT2D eigenvalue weighted by Crippen LogP contribution is -2.22. The van der Waals surface area contributed by atoms with Gasteiger partial charge in [-0.2, -0.15) is 0 Å². The van der Waals surface area contributed by atoms with E-state index < -0.39 is 0 Å². The molecule has 104 valence electrons. The molecule has 0 bridgehead atoms. The van der Waals surface area contributed by atoms with Crippen LogP contribution in [0, 0.1) is 0 Å². The molecule has 20 heavy (non-hydrogen) atoms. The van der Waals surface area contributed by atoms with Crippen molar-refractivity contribution in [1.29, 1.82) is 0 Å². The second-order valence-electron chi connectivity index (χ2n) is 5.49. The first kappa shape index (κ1) is 13.2. The summed E-state index contributed by atoms with van der Waals surface area (Å²) in [6, 6.07) is 17.8. The summed E-state index contributed by atoms with van der Waals surface area (Å²) in [4.78, 5) is 0. The van der Waals surface area contributed by atoms with Crippen molar-refractivity contribution in [1.82, 2.24) is 5.32 Å². The second-order valence-corrected chi connectivity index (χ2v) is 5.49. The highest BCUT2D eigenvalue weighted by molar-refractivity contribution is 5.40. The van der Waals surface area contributed by atoms with E-state index in [9.17, 15) is 0 Å². The summed E-state index contributed by atoms with van der Waals surface area (Å²) in [6.07, 6.45) is 1.03. The maximum atomic E-state index is 5.56. The monoisotopic (exact) mass is 267 g/mol. The molecule has 0 aliphatic carbocycles. The number of hydrogen-bond acceptors (Lipinski definition) is 2. The maximum absolute atomic E-state index is 5.56. The van der Waals surface area contributed by atoms with Crippen LogP contribution in [0.4, 0.5) is 0 Å². The summed E-state index contributed by atoms with van der Waals surface area (Å²) >= 11 is 0. The van der Waals surface area contributed by atoms with Crippen molar-refractivity contribution in [3.63, 3.8) is 0 Å². The van der Waals surface area contributed by atoms with Crippen molar-refractivity contribution in [2.45, 2.75) is 32.4 Å². The molecule has 2 aromatic carbocycles. The lowest BCUT2D eigenvalue weighted by molar-refractivity contribution is 0.356. The van der Waals surface area contributed by atoms with Crippen molar-refractivity contribution in [2.75, 3.05) is 6.61 Å². The molecule has 1 N–H and O–H groups in total. The van der Waals surface area contributed by atoms with E-state index in [2.05, 4.69) is 67.7 Å². The first-order chi connectivity index (χ1) is 9.74. The predicted molar refractivity (Wildman–Crippen MR) is 82.0 cm³/mol. The standard InChI is InChI=1S/C18H21NO/c1-13(15-6-4-3-5-7-15)19-14(2)16-8-9-18-17(12-16)10-11-20-18/h3-9,12-14,19H,10-11H2,1-2H3/t13-,14?/m1/s1. The van der Waals surface area contributed by atoms with Crippen molar-refractivity contribution in [2.24, 2.45) is 0 Å². The van der Waals surface area contributed by atoms with Crippen molar-refractivity contribution in [3.05, 3.63) is 65.2 Å². The molecule has 1 aliphatic rings. The highest BCUT2D eigenvalue weighted by atomic mass is 16.5. The maximum Gasteiger partial charge on any atom is 0.122 e. The van der Waals surface area contributed by atoms with Crippen LogP contribution in [-0.2, 0) is 6.42 Å². The predicted octanol–water partition coefficient (Wildman–Crippen LogP) is 4.03. The van der Waals surface area contributed by atoms with E-state index in [-0.39, 0.29) is 0 Å². The SMILES string of the molecule is CC(N[C@H](C)c1ccccc1)c1ccc2c(c1)CCO2. The van der Waals surface area contributed by atoms with E-state index in [1.165, 1.54) is 16.7 Å². The van der Waals surface area contributed by atoms with Gasteiger partial charge in [0.05, 0.1) is 6.61 Å². The molecule has 1 aliphatic heterocycles. The Bertz CT molecular complexity index is 579. The van der Waals surface area contributed by atoms with Crippen molar-refractivity contribution >= 4 is 0 Å². The van der Waals surface area contributed by atoms with Gasteiger partial charge >= 0.3 is 0 Å². The van der Waals surface area contributed by atoms with Crippen LogP contribution in [0.2, 0.25) is 0 Å². The van der Waals surface area contributed by atoms with Crippen LogP contribution >= 0.6 is 0 Å². The van der Waals surface area contributed by atoms with Gasteiger partial charge in [-0.15, -0.1) is 0 Å². The Labute approximate surface area is 120 Å². The Morgan fingerprint density at radius 2 is 1.70 bits per heavy atom. The van der Waals surface area contributed by atoms with E-state index in [4.69, 9.17) is 4.74 Å². The number of rotatable bonds is 4. The third kappa shape index (κ3) is 2.70. The van der Waals surface area contributed by atoms with E-state index in [1.807, 2.05) is 0 Å². The molecule has 3 rings (SSSR count). The van der Waals surface area contributed by atoms with E-state index in [0.29, 0.717) is 12.1 Å². The van der Waals surface area contributed by atoms with Crippen LogP contribution in [0.1, 0.15) is 42.6 Å². The third-order valence-electron chi connectivity index (χ3n) is 4.01. The highest BCUT2D eigenvalue weighted by Crippen LogP contribution is 2.29. The van der Waals surface area contributed by atoms with Crippen LogP contribution in [0.25, 0.3) is 0 Å². The fraction of sp³-hybridized carbons (Fsp3) is 0.333. The van der Waals surface area contributed by atoms with Gasteiger partial charge in [0.1, 0.15) is 5.75 Å². The molecule has 0 amide bonds. The Morgan fingerprint density at radius 3 is 2.50 bits per heavy atom. The molecule has 2 atom stereocenters. The number of nitrogens with one attached hydrogen (secondary N) is 1. The van der Waals surface area contributed by atoms with Gasteiger partial charge in [-0.3, -0.25) is 0 Å². The minimum atomic E-state index is 0.330. The second kappa shape index (κ2) is 5.68. The Balaban J connectivity index is 1.71. The molecule has 2 heteroatoms. The van der Waals surface area contributed by atoms with Crippen molar-refractivity contribution in [3.8, 4) is 5.75 Å². The molecule has 1 unspecified atom stereocenters. The fourth-order valence-corrected chi connectivity index (χ4v) is 2.79. The van der Waals surface area contributed by atoms with Gasteiger partial charge in [0.15, 0.2) is 0 Å². The molecule has 0 aromatic heterocycles. The summed E-state index contributed by atoms with van der Waals surface area (Å²) < 4.78 is 5.56. The van der Waals surface area contributed by atoms with Crippen LogP contribution < -0.4 is 10.1 Å². The Hall–Kier alpha value is -1.80. The average molecular weight is 267 g/mol. The average Bonchev–Trinajstić information content (AvgIpc) is 2.95. The van der Waals surface area contributed by atoms with E-state index in [0.717, 1.165) is 18.8 Å². The zero-order valence-corrected chi connectivity index (χ0v) is 12.1. The van der Waals surface area contributed by atoms with E-state index >= 15 is 0 Å². The summed E-state index contributed by atoms with van der Waals surface area (Å²) in [5.41, 5.74) is 3.99. The summed E-state index contributed by atoms with van der Waals surface area (Å²) in [5.74, 6) is 1.05. The third-order valence-corrected chi connectivity index (χ3v) is 4.01. The molecule has 0 saturated carbocycles. The number of benzene rings is 2. The van der Waals surface area contributed by atoms with Crippen LogP contribution in [0.5, 0.6) is 5.75 Å². The number of ether oxygens (including phenoxy) is 1. The Morgan fingerprint density at radius 1 is 0.950 bits per heavy atom. The molecule has 0 spiro atoms. The highest BCUT2D eigenvalue weighted by Gasteiger charge is 2.16. The lowest BCUT2D eigenvalue weighted by Gasteiger charge is -2.21. The summed E-state index contributed by atoms with van der Waals surface area (Å²) in [6.45, 7) is 5.25. The number of hydrogen-bond donors (Lipinski definition) is 1. The zero-order chi connectivity index (χ0) is 13.9. The first-order valence-electron chi connectivity index (χ1n) is 7.30. The molecular weight excluding hydrogens is 246 g/mol. The summed E-state index contributed by atoms with van der Waals surface area (Å²) in [5, 5.41) is 3.66. The van der Waals surface area contributed by atoms with E-state index in [1.54, 1.807) is 0 Å². The van der Waals surface area contributed by atoms with Gasteiger partial charge in [-0.25, -0.2) is 0 Å². The van der Waals surface area contributed by atoms with Gasteiger partial charge in [-0.1, -0.05) is 42.5 Å². The molecule has 0 saturated heterocycles. The molecule has 2 aromatic rings.